The third kappa shape index (κ3) is 2.35. The number of hydrogen-bond acceptors (Lipinski definition) is 3. The second kappa shape index (κ2) is 4.72. The van der Waals surface area contributed by atoms with Crippen molar-refractivity contribution in [1.82, 2.24) is 4.98 Å². The van der Waals surface area contributed by atoms with Crippen molar-refractivity contribution in [3.05, 3.63) is 48.1 Å². The van der Waals surface area contributed by atoms with Crippen LogP contribution < -0.4 is 0 Å². The summed E-state index contributed by atoms with van der Waals surface area (Å²) in [6, 6.07) is 7.02. The van der Waals surface area contributed by atoms with E-state index in [2.05, 4.69) is 4.98 Å². The molecule has 0 saturated carbocycles. The zero-order chi connectivity index (χ0) is 11.4. The number of hydrogen-bond donors (Lipinski definition) is 1. The van der Waals surface area contributed by atoms with Crippen LogP contribution in [-0.2, 0) is 0 Å². The lowest BCUT2D eigenvalue weighted by atomic mass is 10.1. The van der Waals surface area contributed by atoms with Gasteiger partial charge in [-0.15, -0.1) is 0 Å². The highest BCUT2D eigenvalue weighted by molar-refractivity contribution is 5.59. The van der Waals surface area contributed by atoms with Crippen LogP contribution in [0.25, 0.3) is 17.5 Å². The van der Waals surface area contributed by atoms with E-state index in [-0.39, 0.29) is 0 Å². The molecule has 4 heteroatoms. The molecule has 2 aromatic rings. The van der Waals surface area contributed by atoms with Crippen LogP contribution in [0.5, 0.6) is 0 Å². The minimum atomic E-state index is -0.582. The molecule has 82 valence electrons. The van der Waals surface area contributed by atoms with Crippen LogP contribution in [0.4, 0.5) is 4.39 Å². The van der Waals surface area contributed by atoms with Crippen LogP contribution in [0.3, 0.4) is 0 Å². The third-order valence-electron chi connectivity index (χ3n) is 2.06. The summed E-state index contributed by atoms with van der Waals surface area (Å²) >= 11 is 0. The van der Waals surface area contributed by atoms with Gasteiger partial charge in [-0.05, 0) is 23.8 Å². The van der Waals surface area contributed by atoms with Crippen molar-refractivity contribution < 1.29 is 13.9 Å². The van der Waals surface area contributed by atoms with Crippen LogP contribution in [0.15, 0.2) is 47.0 Å². The first-order chi connectivity index (χ1) is 7.79. The molecule has 0 unspecified atom stereocenters. The van der Waals surface area contributed by atoms with Crippen LogP contribution in [0.2, 0.25) is 0 Å². The quantitative estimate of drug-likeness (QED) is 0.863. The average molecular weight is 219 g/mol. The summed E-state index contributed by atoms with van der Waals surface area (Å²) < 4.78 is 17.9. The molecule has 0 radical (unpaired) electrons. The van der Waals surface area contributed by atoms with Gasteiger partial charge in [-0.3, -0.25) is 0 Å². The first-order valence-corrected chi connectivity index (χ1v) is 4.76. The van der Waals surface area contributed by atoms with Crippen molar-refractivity contribution in [3.8, 4) is 11.5 Å². The number of halogens is 1. The molecule has 0 aliphatic carbocycles. The van der Waals surface area contributed by atoms with E-state index in [1.165, 1.54) is 12.3 Å². The van der Waals surface area contributed by atoms with Gasteiger partial charge in [0, 0.05) is 5.56 Å². The standard InChI is InChI=1S/C12H10FNO2/c13-11(8-15)7-9-1-3-10(4-2-9)12-14-5-6-16-12/h1-7,15H,8H2/b11-7-. The predicted octanol–water partition coefficient (Wildman–Crippen LogP) is 2.64. The van der Waals surface area contributed by atoms with Crippen molar-refractivity contribution in [2.75, 3.05) is 6.61 Å². The van der Waals surface area contributed by atoms with E-state index < -0.39 is 12.4 Å². The summed E-state index contributed by atoms with van der Waals surface area (Å²) in [7, 11) is 0. The van der Waals surface area contributed by atoms with Crippen molar-refractivity contribution in [1.29, 1.82) is 0 Å². The molecule has 1 aromatic carbocycles. The zero-order valence-corrected chi connectivity index (χ0v) is 8.43. The summed E-state index contributed by atoms with van der Waals surface area (Å²) in [5.74, 6) is -0.0398. The van der Waals surface area contributed by atoms with Gasteiger partial charge in [0.25, 0.3) is 0 Å². The van der Waals surface area contributed by atoms with Gasteiger partial charge in [-0.1, -0.05) is 12.1 Å². The van der Waals surface area contributed by atoms with Crippen molar-refractivity contribution in [2.24, 2.45) is 0 Å². The Hall–Kier alpha value is -1.94. The largest absolute Gasteiger partial charge is 0.445 e. The minimum absolute atomic E-state index is 0.526. The van der Waals surface area contributed by atoms with Gasteiger partial charge in [-0.2, -0.15) is 0 Å². The van der Waals surface area contributed by atoms with Gasteiger partial charge in [0.2, 0.25) is 5.89 Å². The lowest BCUT2D eigenvalue weighted by Gasteiger charge is -1.97. The van der Waals surface area contributed by atoms with Crippen LogP contribution in [-0.4, -0.2) is 16.7 Å². The van der Waals surface area contributed by atoms with Gasteiger partial charge in [0.15, 0.2) is 0 Å². The Kier molecular flexibility index (Phi) is 3.12. The number of oxazole rings is 1. The van der Waals surface area contributed by atoms with E-state index >= 15 is 0 Å². The molecule has 1 aromatic heterocycles. The van der Waals surface area contributed by atoms with Crippen molar-refractivity contribution >= 4 is 6.08 Å². The number of aromatic nitrogens is 1. The van der Waals surface area contributed by atoms with E-state index in [9.17, 15) is 4.39 Å². The molecule has 0 fully saturated rings. The summed E-state index contributed by atoms with van der Waals surface area (Å²) in [4.78, 5) is 4.00. The number of benzene rings is 1. The second-order valence-electron chi connectivity index (χ2n) is 3.21. The maximum Gasteiger partial charge on any atom is 0.225 e. The number of aliphatic hydroxyl groups is 1. The fourth-order valence-corrected chi connectivity index (χ4v) is 1.31. The lowest BCUT2D eigenvalue weighted by molar-refractivity contribution is 0.300. The molecular formula is C12H10FNO2. The second-order valence-corrected chi connectivity index (χ2v) is 3.21. The van der Waals surface area contributed by atoms with Gasteiger partial charge in [0.1, 0.15) is 12.1 Å². The molecule has 0 atom stereocenters. The Balaban J connectivity index is 2.23. The highest BCUT2D eigenvalue weighted by Gasteiger charge is 2.01. The minimum Gasteiger partial charge on any atom is -0.445 e. The first kappa shape index (κ1) is 10.6. The Morgan fingerprint density at radius 1 is 1.38 bits per heavy atom. The molecule has 0 aliphatic rings. The summed E-state index contributed by atoms with van der Waals surface area (Å²) in [6.07, 6.45) is 4.34. The highest BCUT2D eigenvalue weighted by atomic mass is 19.1. The molecule has 2 rings (SSSR count). The van der Waals surface area contributed by atoms with Crippen LogP contribution in [0.1, 0.15) is 5.56 Å². The van der Waals surface area contributed by atoms with E-state index in [1.54, 1.807) is 30.5 Å². The Labute approximate surface area is 91.9 Å². The molecule has 0 saturated heterocycles. The summed E-state index contributed by atoms with van der Waals surface area (Å²) in [6.45, 7) is -0.582. The number of rotatable bonds is 3. The predicted molar refractivity (Wildman–Crippen MR) is 58.1 cm³/mol. The summed E-state index contributed by atoms with van der Waals surface area (Å²) in [5.41, 5.74) is 1.51. The zero-order valence-electron chi connectivity index (χ0n) is 8.43. The van der Waals surface area contributed by atoms with Crippen molar-refractivity contribution in [2.45, 2.75) is 0 Å². The molecular weight excluding hydrogens is 209 g/mol. The van der Waals surface area contributed by atoms with Gasteiger partial charge >= 0.3 is 0 Å². The third-order valence-corrected chi connectivity index (χ3v) is 2.06. The van der Waals surface area contributed by atoms with Crippen LogP contribution >= 0.6 is 0 Å². The smallest absolute Gasteiger partial charge is 0.225 e. The van der Waals surface area contributed by atoms with E-state index in [0.717, 1.165) is 5.56 Å². The fraction of sp³-hybridized carbons (Fsp3) is 0.0833. The Morgan fingerprint density at radius 2 is 2.12 bits per heavy atom. The molecule has 0 spiro atoms. The maximum atomic E-state index is 12.8. The first-order valence-electron chi connectivity index (χ1n) is 4.76. The number of nitrogens with zero attached hydrogens (tertiary/aromatic N) is 1. The number of aliphatic hydroxyl groups excluding tert-OH is 1. The SMILES string of the molecule is OC/C(F)=C/c1ccc(-c2ncco2)cc1. The molecule has 0 aliphatic heterocycles. The fourth-order valence-electron chi connectivity index (χ4n) is 1.31. The summed E-state index contributed by atoms with van der Waals surface area (Å²) in [5, 5.41) is 8.53. The molecule has 0 amide bonds. The molecule has 1 N–H and O–H groups in total. The monoisotopic (exact) mass is 219 g/mol. The van der Waals surface area contributed by atoms with E-state index in [4.69, 9.17) is 9.52 Å². The molecule has 3 nitrogen and oxygen atoms in total. The van der Waals surface area contributed by atoms with E-state index in [0.29, 0.717) is 11.5 Å². The van der Waals surface area contributed by atoms with Crippen LogP contribution in [0, 0.1) is 0 Å². The maximum absolute atomic E-state index is 12.8. The van der Waals surface area contributed by atoms with Gasteiger partial charge < -0.3 is 9.52 Å². The Morgan fingerprint density at radius 3 is 2.69 bits per heavy atom. The van der Waals surface area contributed by atoms with Crippen molar-refractivity contribution in [3.63, 3.8) is 0 Å². The topological polar surface area (TPSA) is 46.3 Å². The normalized spacial score (nSPS) is 11.8. The van der Waals surface area contributed by atoms with E-state index in [1.807, 2.05) is 0 Å². The molecule has 1 heterocycles. The average Bonchev–Trinajstić information content (AvgIpc) is 2.83. The van der Waals surface area contributed by atoms with Gasteiger partial charge in [0.05, 0.1) is 12.8 Å². The van der Waals surface area contributed by atoms with Gasteiger partial charge in [-0.25, -0.2) is 9.37 Å². The molecule has 16 heavy (non-hydrogen) atoms. The molecule has 0 bridgehead atoms. The lowest BCUT2D eigenvalue weighted by Crippen LogP contribution is -1.83. The Bertz CT molecular complexity index is 474. The highest BCUT2D eigenvalue weighted by Crippen LogP contribution is 2.18.